The number of hydrogen-bond acceptors (Lipinski definition) is 6. The van der Waals surface area contributed by atoms with Crippen LogP contribution in [0.25, 0.3) is 0 Å². The summed E-state index contributed by atoms with van der Waals surface area (Å²) in [5.74, 6) is -1.55. The maximum absolute atomic E-state index is 12.3. The smallest absolute Gasteiger partial charge is 0.371 e. The van der Waals surface area contributed by atoms with Crippen LogP contribution in [0.15, 0.2) is 45.7 Å². The topological polar surface area (TPSA) is 140 Å². The lowest BCUT2D eigenvalue weighted by molar-refractivity contribution is -0.387. The molecular weight excluding hydrogens is 328 g/mol. The van der Waals surface area contributed by atoms with E-state index in [1.165, 1.54) is 31.2 Å². The van der Waals surface area contributed by atoms with E-state index in [1.807, 2.05) is 0 Å². The molecule has 0 bridgehead atoms. The molecule has 0 radical (unpaired) electrons. The Hall–Kier alpha value is -2.72. The first-order valence-corrected chi connectivity index (χ1v) is 7.79. The predicted octanol–water partition coefficient (Wildman–Crippen LogP) is 1.93. The number of carboxylic acids is 1. The molecule has 23 heavy (non-hydrogen) atoms. The molecule has 9 nitrogen and oxygen atoms in total. The van der Waals surface area contributed by atoms with Gasteiger partial charge in [0.2, 0.25) is 15.8 Å². The Labute approximate surface area is 130 Å². The summed E-state index contributed by atoms with van der Waals surface area (Å²) in [7, 11) is -4.19. The largest absolute Gasteiger partial charge is 0.475 e. The Morgan fingerprint density at radius 1 is 1.30 bits per heavy atom. The van der Waals surface area contributed by atoms with Gasteiger partial charge in [0.1, 0.15) is 5.76 Å². The molecule has 1 aromatic carbocycles. The fourth-order valence-electron chi connectivity index (χ4n) is 1.89. The van der Waals surface area contributed by atoms with Gasteiger partial charge in [-0.25, -0.2) is 17.9 Å². The van der Waals surface area contributed by atoms with Gasteiger partial charge in [-0.05, 0) is 25.1 Å². The number of nitro groups is 1. The first kappa shape index (κ1) is 16.6. The number of sulfonamides is 1. The molecule has 2 aromatic rings. The minimum atomic E-state index is -4.19. The van der Waals surface area contributed by atoms with Crippen LogP contribution in [0.5, 0.6) is 0 Å². The highest BCUT2D eigenvalue weighted by Crippen LogP contribution is 2.25. The zero-order valence-electron chi connectivity index (χ0n) is 11.8. The van der Waals surface area contributed by atoms with Crippen LogP contribution in [0.2, 0.25) is 0 Å². The summed E-state index contributed by atoms with van der Waals surface area (Å²) in [4.78, 5) is 20.4. The van der Waals surface area contributed by atoms with Crippen molar-refractivity contribution < 1.29 is 27.7 Å². The van der Waals surface area contributed by atoms with Crippen LogP contribution in [-0.4, -0.2) is 24.4 Å². The fraction of sp³-hybridized carbons (Fsp3) is 0.154. The van der Waals surface area contributed by atoms with Gasteiger partial charge >= 0.3 is 5.97 Å². The number of rotatable bonds is 6. The number of aromatic carboxylic acids is 1. The lowest BCUT2D eigenvalue weighted by atomic mass is 10.3. The second kappa shape index (κ2) is 6.18. The van der Waals surface area contributed by atoms with E-state index in [2.05, 4.69) is 4.72 Å². The van der Waals surface area contributed by atoms with Crippen molar-refractivity contribution in [3.8, 4) is 0 Å². The average Bonchev–Trinajstić information content (AvgIpc) is 2.97. The average molecular weight is 340 g/mol. The molecule has 2 rings (SSSR count). The molecule has 0 saturated heterocycles. The number of carboxylic acid groups (broad SMARTS) is 1. The number of nitro benzene ring substituents is 1. The molecule has 0 amide bonds. The molecule has 1 aromatic heterocycles. The van der Waals surface area contributed by atoms with Gasteiger partial charge in [0, 0.05) is 6.07 Å². The number of nitrogens with zero attached hydrogens (tertiary/aromatic N) is 1. The summed E-state index contributed by atoms with van der Waals surface area (Å²) >= 11 is 0. The lowest BCUT2D eigenvalue weighted by Crippen LogP contribution is -2.27. The van der Waals surface area contributed by atoms with Crippen LogP contribution >= 0.6 is 0 Å². The van der Waals surface area contributed by atoms with E-state index >= 15 is 0 Å². The fourth-order valence-corrected chi connectivity index (χ4v) is 3.27. The molecule has 10 heteroatoms. The van der Waals surface area contributed by atoms with E-state index in [1.54, 1.807) is 0 Å². The Morgan fingerprint density at radius 3 is 2.52 bits per heavy atom. The Bertz CT molecular complexity index is 857. The predicted molar refractivity (Wildman–Crippen MR) is 77.5 cm³/mol. The molecule has 0 aliphatic heterocycles. The third-order valence-electron chi connectivity index (χ3n) is 2.95. The van der Waals surface area contributed by atoms with Crippen molar-refractivity contribution in [1.29, 1.82) is 0 Å². The van der Waals surface area contributed by atoms with Gasteiger partial charge < -0.3 is 9.52 Å². The highest BCUT2D eigenvalue weighted by molar-refractivity contribution is 7.89. The van der Waals surface area contributed by atoms with Crippen LogP contribution in [0.1, 0.15) is 29.3 Å². The first-order chi connectivity index (χ1) is 10.7. The molecule has 0 aliphatic rings. The maximum Gasteiger partial charge on any atom is 0.371 e. The number of nitrogens with one attached hydrogen (secondary N) is 1. The van der Waals surface area contributed by atoms with Crippen molar-refractivity contribution in [3.63, 3.8) is 0 Å². The molecule has 0 spiro atoms. The van der Waals surface area contributed by atoms with Crippen molar-refractivity contribution >= 4 is 21.7 Å². The molecular formula is C13H12N2O7S. The van der Waals surface area contributed by atoms with Crippen LogP contribution in [0.3, 0.4) is 0 Å². The second-order valence-corrected chi connectivity index (χ2v) is 6.26. The Morgan fingerprint density at radius 2 is 1.96 bits per heavy atom. The van der Waals surface area contributed by atoms with E-state index in [0.717, 1.165) is 12.1 Å². The lowest BCUT2D eigenvalue weighted by Gasteiger charge is -2.12. The van der Waals surface area contributed by atoms with Gasteiger partial charge in [0.25, 0.3) is 5.69 Å². The molecule has 2 N–H and O–H groups in total. The molecule has 1 atom stereocenters. The number of furan rings is 1. The van der Waals surface area contributed by atoms with Gasteiger partial charge in [-0.3, -0.25) is 10.1 Å². The number of carbonyl (C=O) groups is 1. The highest BCUT2D eigenvalue weighted by Gasteiger charge is 2.28. The third-order valence-corrected chi connectivity index (χ3v) is 4.54. The maximum atomic E-state index is 12.3. The number of benzene rings is 1. The van der Waals surface area contributed by atoms with Crippen LogP contribution < -0.4 is 4.72 Å². The summed E-state index contributed by atoms with van der Waals surface area (Å²) in [6, 6.07) is 6.50. The highest BCUT2D eigenvalue weighted by atomic mass is 32.2. The van der Waals surface area contributed by atoms with Gasteiger partial charge in [0.05, 0.1) is 11.0 Å². The zero-order chi connectivity index (χ0) is 17.2. The van der Waals surface area contributed by atoms with Gasteiger partial charge in [-0.15, -0.1) is 0 Å². The van der Waals surface area contributed by atoms with E-state index in [-0.39, 0.29) is 11.5 Å². The van der Waals surface area contributed by atoms with E-state index < -0.39 is 37.5 Å². The van der Waals surface area contributed by atoms with Crippen molar-refractivity contribution in [2.45, 2.75) is 17.9 Å². The molecule has 122 valence electrons. The summed E-state index contributed by atoms with van der Waals surface area (Å²) < 4.78 is 31.8. The summed E-state index contributed by atoms with van der Waals surface area (Å²) in [5, 5.41) is 19.7. The SMILES string of the molecule is C[C@H](NS(=O)(=O)c1ccccc1[N+](=O)[O-])c1ccc(C(=O)O)o1. The van der Waals surface area contributed by atoms with Crippen molar-refractivity contribution in [2.75, 3.05) is 0 Å². The van der Waals surface area contributed by atoms with Gasteiger partial charge in [-0.2, -0.15) is 0 Å². The summed E-state index contributed by atoms with van der Waals surface area (Å²) in [6.45, 7) is 1.43. The standard InChI is InChI=1S/C13H12N2O7S/c1-8(10-6-7-11(22-10)13(16)17)14-23(20,21)12-5-3-2-4-9(12)15(18)19/h2-8,14H,1H3,(H,16,17)/t8-/m0/s1. The van der Waals surface area contributed by atoms with Crippen LogP contribution in [0, 0.1) is 10.1 Å². The van der Waals surface area contributed by atoms with Gasteiger partial charge in [0.15, 0.2) is 4.90 Å². The zero-order valence-corrected chi connectivity index (χ0v) is 12.6. The monoisotopic (exact) mass is 340 g/mol. The van der Waals surface area contributed by atoms with Crippen molar-refractivity contribution in [1.82, 2.24) is 4.72 Å². The van der Waals surface area contributed by atoms with Crippen LogP contribution in [-0.2, 0) is 10.0 Å². The minimum Gasteiger partial charge on any atom is -0.475 e. The van der Waals surface area contributed by atoms with Crippen molar-refractivity contribution in [3.05, 3.63) is 58.0 Å². The third kappa shape index (κ3) is 3.55. The number of hydrogen-bond donors (Lipinski definition) is 2. The Balaban J connectivity index is 2.30. The van der Waals surface area contributed by atoms with Crippen molar-refractivity contribution in [2.24, 2.45) is 0 Å². The summed E-state index contributed by atoms with van der Waals surface area (Å²) in [6.07, 6.45) is 0. The van der Waals surface area contributed by atoms with Gasteiger partial charge in [-0.1, -0.05) is 12.1 Å². The number of para-hydroxylation sites is 1. The van der Waals surface area contributed by atoms with E-state index in [9.17, 15) is 23.3 Å². The van der Waals surface area contributed by atoms with E-state index in [0.29, 0.717) is 0 Å². The quantitative estimate of drug-likeness (QED) is 0.604. The normalized spacial score (nSPS) is 12.7. The first-order valence-electron chi connectivity index (χ1n) is 6.31. The molecule has 0 saturated carbocycles. The summed E-state index contributed by atoms with van der Waals surface area (Å²) in [5.41, 5.74) is -0.558. The molecule has 0 unspecified atom stereocenters. The molecule has 0 fully saturated rings. The van der Waals surface area contributed by atoms with E-state index in [4.69, 9.17) is 9.52 Å². The second-order valence-electron chi connectivity index (χ2n) is 4.57. The minimum absolute atomic E-state index is 0.0737. The molecule has 0 aliphatic carbocycles. The molecule has 1 heterocycles. The Kier molecular flexibility index (Phi) is 4.48. The van der Waals surface area contributed by atoms with Crippen LogP contribution in [0.4, 0.5) is 5.69 Å².